The third kappa shape index (κ3) is 9.67. The van der Waals surface area contributed by atoms with E-state index < -0.39 is 12.1 Å². The number of halogens is 3. The van der Waals surface area contributed by atoms with Crippen LogP contribution in [0.3, 0.4) is 0 Å². The molecule has 2 aliphatic rings. The van der Waals surface area contributed by atoms with E-state index in [1.165, 1.54) is 5.56 Å². The Balaban J connectivity index is 0.000000532. The normalized spacial score (nSPS) is 16.6. The standard InChI is InChI=1S/C26H34N4O2.C2HF3O2/c31-25(29-19-14-27-15-20-29)13-18-30(26(32)23-9-5-2-6-10-23)24-11-16-28(17-12-24)21-22-7-3-1-4-8-22;3-2(4,5)1(6)7/h1-10,24,27H,11-21H2;(H,6,7). The smallest absolute Gasteiger partial charge is 0.475 e. The summed E-state index contributed by atoms with van der Waals surface area (Å²) in [7, 11) is 0. The molecule has 0 radical (unpaired) electrons. The van der Waals surface area contributed by atoms with Crippen LogP contribution in [0.5, 0.6) is 0 Å². The number of hydrogen-bond acceptors (Lipinski definition) is 5. The molecule has 0 bridgehead atoms. The molecule has 0 saturated carbocycles. The lowest BCUT2D eigenvalue weighted by Gasteiger charge is -2.39. The lowest BCUT2D eigenvalue weighted by Crippen LogP contribution is -2.50. The molecule has 0 aromatic heterocycles. The number of carbonyl (C=O) groups is 3. The molecule has 2 aliphatic heterocycles. The number of piperazine rings is 1. The van der Waals surface area contributed by atoms with Crippen molar-refractivity contribution in [3.05, 3.63) is 71.8 Å². The van der Waals surface area contributed by atoms with Crippen LogP contribution < -0.4 is 5.32 Å². The average molecular weight is 549 g/mol. The molecule has 2 aromatic carbocycles. The minimum Gasteiger partial charge on any atom is -0.475 e. The van der Waals surface area contributed by atoms with Gasteiger partial charge in [0.05, 0.1) is 0 Å². The van der Waals surface area contributed by atoms with E-state index >= 15 is 0 Å². The highest BCUT2D eigenvalue weighted by molar-refractivity contribution is 5.94. The van der Waals surface area contributed by atoms with Crippen molar-refractivity contribution in [2.45, 2.75) is 38.0 Å². The van der Waals surface area contributed by atoms with E-state index in [0.717, 1.165) is 58.7 Å². The third-order valence-electron chi connectivity index (χ3n) is 6.81. The number of hydrogen-bond donors (Lipinski definition) is 2. The van der Waals surface area contributed by atoms with E-state index in [1.807, 2.05) is 46.2 Å². The number of nitrogens with zero attached hydrogens (tertiary/aromatic N) is 3. The number of nitrogens with one attached hydrogen (secondary N) is 1. The lowest BCUT2D eigenvalue weighted by atomic mass is 10.0. The maximum atomic E-state index is 13.4. The number of carboxylic acid groups (broad SMARTS) is 1. The molecule has 2 aromatic rings. The van der Waals surface area contributed by atoms with Crippen LogP contribution in [0.1, 0.15) is 35.2 Å². The first-order valence-corrected chi connectivity index (χ1v) is 13.1. The summed E-state index contributed by atoms with van der Waals surface area (Å²) in [5, 5.41) is 10.4. The maximum Gasteiger partial charge on any atom is 0.490 e. The summed E-state index contributed by atoms with van der Waals surface area (Å²) < 4.78 is 31.7. The molecular formula is C28H35F3N4O4. The number of carbonyl (C=O) groups excluding carboxylic acids is 2. The van der Waals surface area contributed by atoms with E-state index in [4.69, 9.17) is 9.90 Å². The van der Waals surface area contributed by atoms with Crippen molar-refractivity contribution in [1.82, 2.24) is 20.0 Å². The molecule has 212 valence electrons. The Kier molecular flexibility index (Phi) is 11.3. The second-order valence-corrected chi connectivity index (χ2v) is 9.54. The maximum absolute atomic E-state index is 13.4. The predicted molar refractivity (Wildman–Crippen MR) is 140 cm³/mol. The van der Waals surface area contributed by atoms with E-state index in [-0.39, 0.29) is 17.9 Å². The van der Waals surface area contributed by atoms with Crippen LogP contribution in [-0.4, -0.2) is 95.6 Å². The Labute approximate surface area is 226 Å². The molecule has 0 atom stereocenters. The zero-order chi connectivity index (χ0) is 28.3. The fraction of sp³-hybridized carbons (Fsp3) is 0.464. The average Bonchev–Trinajstić information content (AvgIpc) is 2.95. The van der Waals surface area contributed by atoms with Gasteiger partial charge in [-0.3, -0.25) is 14.5 Å². The van der Waals surface area contributed by atoms with Crippen molar-refractivity contribution in [1.29, 1.82) is 0 Å². The summed E-state index contributed by atoms with van der Waals surface area (Å²) in [6.07, 6.45) is -2.82. The summed E-state index contributed by atoms with van der Waals surface area (Å²) in [4.78, 5) is 41.4. The summed E-state index contributed by atoms with van der Waals surface area (Å²) in [6.45, 7) is 6.55. The van der Waals surface area contributed by atoms with Gasteiger partial charge in [0.15, 0.2) is 0 Å². The van der Waals surface area contributed by atoms with Gasteiger partial charge in [0, 0.05) is 70.4 Å². The van der Waals surface area contributed by atoms with Gasteiger partial charge in [-0.1, -0.05) is 48.5 Å². The zero-order valence-corrected chi connectivity index (χ0v) is 21.8. The number of alkyl halides is 3. The first-order valence-electron chi connectivity index (χ1n) is 13.1. The van der Waals surface area contributed by atoms with Gasteiger partial charge in [0.1, 0.15) is 0 Å². The fourth-order valence-corrected chi connectivity index (χ4v) is 4.72. The van der Waals surface area contributed by atoms with Gasteiger partial charge < -0.3 is 20.2 Å². The topological polar surface area (TPSA) is 93.2 Å². The largest absolute Gasteiger partial charge is 0.490 e. The number of carboxylic acids is 1. The van der Waals surface area contributed by atoms with Crippen LogP contribution in [0.2, 0.25) is 0 Å². The van der Waals surface area contributed by atoms with Gasteiger partial charge >= 0.3 is 12.1 Å². The molecule has 2 heterocycles. The number of likely N-dealkylation sites (tertiary alicyclic amines) is 1. The Bertz CT molecular complexity index is 1060. The van der Waals surface area contributed by atoms with Crippen LogP contribution in [0.25, 0.3) is 0 Å². The highest BCUT2D eigenvalue weighted by Gasteiger charge is 2.38. The second-order valence-electron chi connectivity index (χ2n) is 9.54. The van der Waals surface area contributed by atoms with Crippen LogP contribution >= 0.6 is 0 Å². The van der Waals surface area contributed by atoms with Crippen LogP contribution in [0.4, 0.5) is 13.2 Å². The van der Waals surface area contributed by atoms with Gasteiger partial charge in [-0.05, 0) is 30.5 Å². The van der Waals surface area contributed by atoms with Gasteiger partial charge in [0.2, 0.25) is 5.91 Å². The van der Waals surface area contributed by atoms with Crippen molar-refractivity contribution in [3.63, 3.8) is 0 Å². The lowest BCUT2D eigenvalue weighted by molar-refractivity contribution is -0.192. The highest BCUT2D eigenvalue weighted by atomic mass is 19.4. The van der Waals surface area contributed by atoms with Crippen molar-refractivity contribution in [3.8, 4) is 0 Å². The summed E-state index contributed by atoms with van der Waals surface area (Å²) in [5.74, 6) is -2.56. The molecule has 4 rings (SSSR count). The zero-order valence-electron chi connectivity index (χ0n) is 21.8. The van der Waals surface area contributed by atoms with Gasteiger partial charge in [-0.15, -0.1) is 0 Å². The van der Waals surface area contributed by atoms with E-state index in [9.17, 15) is 22.8 Å². The van der Waals surface area contributed by atoms with Crippen molar-refractivity contribution in [2.75, 3.05) is 45.8 Å². The minimum absolute atomic E-state index is 0.0419. The third-order valence-corrected chi connectivity index (χ3v) is 6.81. The Morgan fingerprint density at radius 1 is 0.897 bits per heavy atom. The van der Waals surface area contributed by atoms with E-state index in [1.54, 1.807) is 0 Å². The number of benzene rings is 2. The molecule has 2 fully saturated rings. The van der Waals surface area contributed by atoms with Crippen LogP contribution in [0.15, 0.2) is 60.7 Å². The Hall–Kier alpha value is -3.44. The molecule has 2 amide bonds. The number of piperidine rings is 1. The molecule has 8 nitrogen and oxygen atoms in total. The Morgan fingerprint density at radius 3 is 1.97 bits per heavy atom. The second kappa shape index (κ2) is 14.6. The molecule has 0 spiro atoms. The Morgan fingerprint density at radius 2 is 1.44 bits per heavy atom. The van der Waals surface area contributed by atoms with Crippen molar-refractivity contribution in [2.24, 2.45) is 0 Å². The molecule has 39 heavy (non-hydrogen) atoms. The molecule has 11 heteroatoms. The first-order chi connectivity index (χ1) is 18.6. The number of amides is 2. The van der Waals surface area contributed by atoms with Crippen LogP contribution in [0, 0.1) is 0 Å². The molecular weight excluding hydrogens is 513 g/mol. The molecule has 0 aliphatic carbocycles. The highest BCUT2D eigenvalue weighted by Crippen LogP contribution is 2.21. The summed E-state index contributed by atoms with van der Waals surface area (Å²) in [6, 6.07) is 20.2. The monoisotopic (exact) mass is 548 g/mol. The minimum atomic E-state index is -5.08. The summed E-state index contributed by atoms with van der Waals surface area (Å²) in [5.41, 5.74) is 2.03. The van der Waals surface area contributed by atoms with Crippen LogP contribution in [-0.2, 0) is 16.1 Å². The summed E-state index contributed by atoms with van der Waals surface area (Å²) >= 11 is 0. The van der Waals surface area contributed by atoms with Gasteiger partial charge in [0.25, 0.3) is 5.91 Å². The van der Waals surface area contributed by atoms with E-state index in [0.29, 0.717) is 18.5 Å². The van der Waals surface area contributed by atoms with Gasteiger partial charge in [-0.2, -0.15) is 13.2 Å². The predicted octanol–water partition coefficient (Wildman–Crippen LogP) is 3.25. The molecule has 2 saturated heterocycles. The van der Waals surface area contributed by atoms with E-state index in [2.05, 4.69) is 34.5 Å². The van der Waals surface area contributed by atoms with Gasteiger partial charge in [-0.25, -0.2) is 4.79 Å². The number of rotatable bonds is 7. The van der Waals surface area contributed by atoms with Crippen molar-refractivity contribution >= 4 is 17.8 Å². The molecule has 0 unspecified atom stereocenters. The number of aliphatic carboxylic acids is 1. The van der Waals surface area contributed by atoms with Crippen molar-refractivity contribution < 1.29 is 32.7 Å². The molecule has 2 N–H and O–H groups in total. The quantitative estimate of drug-likeness (QED) is 0.552. The fourth-order valence-electron chi connectivity index (χ4n) is 4.72. The SMILES string of the molecule is O=C(CCN(C(=O)c1ccccc1)C1CCN(Cc2ccccc2)CC1)N1CCNCC1.O=C(O)C(F)(F)F. The first kappa shape index (κ1) is 30.1.